The molecule has 3 aromatic rings. The Hall–Kier alpha value is -1.01. The molecule has 0 heterocycles. The molecule has 3 aromatic carbocycles. The maximum atomic E-state index is 3.90. The quantitative estimate of drug-likeness (QED) is 0.196. The van der Waals surface area contributed by atoms with Gasteiger partial charge < -0.3 is 24.8 Å². The summed E-state index contributed by atoms with van der Waals surface area (Å²) in [5.41, 5.74) is 11.9. The van der Waals surface area contributed by atoms with Gasteiger partial charge in [0.2, 0.25) is 0 Å². The van der Waals surface area contributed by atoms with E-state index in [9.17, 15) is 0 Å². The summed E-state index contributed by atoms with van der Waals surface area (Å²) >= 11 is 0. The van der Waals surface area contributed by atoms with E-state index in [1.54, 1.807) is 0 Å². The van der Waals surface area contributed by atoms with E-state index in [-0.39, 0.29) is 72.7 Å². The monoisotopic (exact) mass is 642 g/mol. The van der Waals surface area contributed by atoms with E-state index >= 15 is 0 Å². The van der Waals surface area contributed by atoms with Crippen molar-refractivity contribution in [3.8, 4) is 11.1 Å². The van der Waals surface area contributed by atoms with E-state index in [1.807, 2.05) is 30.3 Å². The van der Waals surface area contributed by atoms with Gasteiger partial charge in [-0.25, -0.2) is 12.1 Å². The Labute approximate surface area is 272 Å². The van der Waals surface area contributed by atoms with Crippen molar-refractivity contribution < 1.29 is 51.0 Å². The van der Waals surface area contributed by atoms with Gasteiger partial charge in [0.05, 0.1) is 0 Å². The molecule has 0 unspecified atom stereocenters. The van der Waals surface area contributed by atoms with Crippen molar-refractivity contribution >= 4 is 0 Å². The van der Waals surface area contributed by atoms with Crippen LogP contribution in [0.1, 0.15) is 116 Å². The topological polar surface area (TPSA) is 0 Å². The van der Waals surface area contributed by atoms with Gasteiger partial charge in [-0.2, -0.15) is 35.9 Å². The standard InChI is InChI=1S/C29H41.C5H5.C2H4.2ClH.Zr/c1-26(2,3)22-14-18-13-19-15-23(27(4,5)6)25(29(10,11)12)17-21(19)20(18)16-24(22)28(7,8)9;1-2-4-5-3-1;1-2;;;/h14,16-17H,13H2,1-12H3;1-5H;1-2H2;2*1H;/q2*-1;;;;+4/p-2. The molecular weight excluding hydrogens is 595 g/mol. The SMILES string of the molecule is C=C.CC(C)(C)c1[c-]c2c(cc1C(C)(C)C)-c1cc(C(C)(C)C)c(C(C)(C)C)cc1C2.[Cl-].[Cl-].[Zr+4].c1cc[cH-]c1. The van der Waals surface area contributed by atoms with Crippen LogP contribution in [-0.4, -0.2) is 0 Å². The summed E-state index contributed by atoms with van der Waals surface area (Å²) in [5, 5.41) is 0. The van der Waals surface area contributed by atoms with E-state index in [1.165, 1.54) is 44.5 Å². The zero-order chi connectivity index (χ0) is 27.7. The van der Waals surface area contributed by atoms with Gasteiger partial charge in [0, 0.05) is 0 Å². The van der Waals surface area contributed by atoms with Crippen molar-refractivity contribution in [1.82, 2.24) is 0 Å². The number of halogens is 2. The molecule has 1 aliphatic rings. The minimum Gasteiger partial charge on any atom is -1.00 e. The average molecular weight is 645 g/mol. The minimum atomic E-state index is 0. The Bertz CT molecular complexity index is 1060. The van der Waals surface area contributed by atoms with Crippen molar-refractivity contribution in [2.24, 2.45) is 0 Å². The first kappa shape index (κ1) is 40.1. The molecule has 0 aromatic heterocycles. The average Bonchev–Trinajstić information content (AvgIpc) is 3.42. The molecule has 0 radical (unpaired) electrons. The van der Waals surface area contributed by atoms with E-state index < -0.39 is 0 Å². The van der Waals surface area contributed by atoms with Crippen molar-refractivity contribution in [3.63, 3.8) is 0 Å². The zero-order valence-electron chi connectivity index (χ0n) is 26.5. The number of rotatable bonds is 0. The van der Waals surface area contributed by atoms with Crippen molar-refractivity contribution in [2.45, 2.75) is 111 Å². The van der Waals surface area contributed by atoms with Crippen LogP contribution in [0, 0.1) is 6.07 Å². The van der Waals surface area contributed by atoms with Crippen molar-refractivity contribution in [2.75, 3.05) is 0 Å². The fourth-order valence-corrected chi connectivity index (χ4v) is 4.95. The van der Waals surface area contributed by atoms with Crippen LogP contribution in [0.25, 0.3) is 11.1 Å². The minimum absolute atomic E-state index is 0. The first-order valence-corrected chi connectivity index (χ1v) is 13.4. The molecule has 3 heteroatoms. The number of fused-ring (bicyclic) bond motifs is 3. The Morgan fingerprint density at radius 1 is 0.615 bits per heavy atom. The summed E-state index contributed by atoms with van der Waals surface area (Å²) in [4.78, 5) is 0. The van der Waals surface area contributed by atoms with Crippen LogP contribution in [0.2, 0.25) is 0 Å². The van der Waals surface area contributed by atoms with Crippen LogP contribution in [0.5, 0.6) is 0 Å². The third-order valence-electron chi connectivity index (χ3n) is 6.79. The van der Waals surface area contributed by atoms with Gasteiger partial charge in [-0.1, -0.05) is 106 Å². The third kappa shape index (κ3) is 9.80. The van der Waals surface area contributed by atoms with Crippen LogP contribution in [0.15, 0.2) is 61.7 Å². The zero-order valence-corrected chi connectivity index (χ0v) is 30.5. The maximum Gasteiger partial charge on any atom is 4.00 e. The summed E-state index contributed by atoms with van der Waals surface area (Å²) in [6, 6.07) is 21.4. The molecule has 212 valence electrons. The van der Waals surface area contributed by atoms with E-state index in [0.717, 1.165) is 6.42 Å². The molecule has 0 fully saturated rings. The van der Waals surface area contributed by atoms with Crippen LogP contribution in [-0.2, 0) is 54.3 Å². The van der Waals surface area contributed by atoms with Crippen LogP contribution < -0.4 is 24.8 Å². The molecular formula is C36H50Cl2Zr. The number of benzene rings is 2. The Morgan fingerprint density at radius 2 is 1.03 bits per heavy atom. The smallest absolute Gasteiger partial charge is 1.00 e. The van der Waals surface area contributed by atoms with Crippen molar-refractivity contribution in [1.29, 1.82) is 0 Å². The summed E-state index contributed by atoms with van der Waals surface area (Å²) < 4.78 is 0. The second-order valence-corrected chi connectivity index (χ2v) is 14.1. The molecule has 0 amide bonds. The van der Waals surface area contributed by atoms with Gasteiger partial charge in [-0.15, -0.1) is 29.8 Å². The fourth-order valence-electron chi connectivity index (χ4n) is 4.95. The van der Waals surface area contributed by atoms with E-state index in [4.69, 9.17) is 0 Å². The second kappa shape index (κ2) is 14.8. The van der Waals surface area contributed by atoms with E-state index in [2.05, 4.69) is 121 Å². The largest absolute Gasteiger partial charge is 4.00 e. The van der Waals surface area contributed by atoms with Gasteiger partial charge in [0.25, 0.3) is 0 Å². The fraction of sp³-hybridized carbons (Fsp3) is 0.472. The second-order valence-electron chi connectivity index (χ2n) is 14.1. The maximum absolute atomic E-state index is 3.90. The van der Waals surface area contributed by atoms with Gasteiger partial charge in [0.1, 0.15) is 0 Å². The van der Waals surface area contributed by atoms with Gasteiger partial charge in [-0.05, 0) is 39.4 Å². The summed E-state index contributed by atoms with van der Waals surface area (Å²) in [5.74, 6) is 0. The molecule has 4 rings (SSSR count). The molecule has 0 nitrogen and oxygen atoms in total. The number of hydrogen-bond acceptors (Lipinski definition) is 0. The Morgan fingerprint density at radius 3 is 1.38 bits per heavy atom. The Balaban J connectivity index is 0. The predicted molar refractivity (Wildman–Crippen MR) is 162 cm³/mol. The molecule has 0 saturated heterocycles. The molecule has 0 aliphatic heterocycles. The Kier molecular flexibility index (Phi) is 15.2. The van der Waals surface area contributed by atoms with E-state index in [0.29, 0.717) is 0 Å². The van der Waals surface area contributed by atoms with Crippen LogP contribution in [0.4, 0.5) is 0 Å². The molecule has 39 heavy (non-hydrogen) atoms. The molecule has 0 bridgehead atoms. The van der Waals surface area contributed by atoms with Crippen LogP contribution in [0.3, 0.4) is 0 Å². The van der Waals surface area contributed by atoms with Gasteiger partial charge in [0.15, 0.2) is 0 Å². The summed E-state index contributed by atoms with van der Waals surface area (Å²) in [6.45, 7) is 34.0. The van der Waals surface area contributed by atoms with Gasteiger partial charge >= 0.3 is 26.2 Å². The molecule has 0 atom stereocenters. The van der Waals surface area contributed by atoms with Crippen LogP contribution >= 0.6 is 0 Å². The summed E-state index contributed by atoms with van der Waals surface area (Å²) in [6.07, 6.45) is 1.01. The molecule has 0 N–H and O–H groups in total. The first-order valence-electron chi connectivity index (χ1n) is 13.4. The molecule has 0 saturated carbocycles. The molecule has 0 spiro atoms. The first-order chi connectivity index (χ1) is 16.4. The third-order valence-corrected chi connectivity index (χ3v) is 6.79. The normalized spacial score (nSPS) is 12.1. The van der Waals surface area contributed by atoms with Gasteiger partial charge in [-0.3, -0.25) is 0 Å². The molecule has 1 aliphatic carbocycles. The predicted octanol–water partition coefficient (Wildman–Crippen LogP) is 4.46. The number of hydrogen-bond donors (Lipinski definition) is 0. The summed E-state index contributed by atoms with van der Waals surface area (Å²) in [7, 11) is 0. The van der Waals surface area contributed by atoms with Crippen molar-refractivity contribution in [3.05, 3.63) is 101 Å².